The first kappa shape index (κ1) is 11.9. The highest BCUT2D eigenvalue weighted by Gasteiger charge is 2.19. The quantitative estimate of drug-likeness (QED) is 0.849. The molecule has 0 radical (unpaired) electrons. The monoisotopic (exact) mass is 243 g/mol. The van der Waals surface area contributed by atoms with E-state index in [-0.39, 0.29) is 10.9 Å². The van der Waals surface area contributed by atoms with Crippen molar-refractivity contribution in [3.8, 4) is 0 Å². The number of alkyl halides is 2. The first-order chi connectivity index (χ1) is 7.66. The summed E-state index contributed by atoms with van der Waals surface area (Å²) in [7, 11) is 0. The van der Waals surface area contributed by atoms with Crippen molar-refractivity contribution < 1.29 is 8.78 Å². The minimum absolute atomic E-state index is 0.0950. The average molecular weight is 243 g/mol. The fourth-order valence-corrected chi connectivity index (χ4v) is 3.16. The van der Waals surface area contributed by atoms with E-state index >= 15 is 0 Å². The number of thioether (sulfide) groups is 1. The number of nitrogens with one attached hydrogen (secondary N) is 1. The summed E-state index contributed by atoms with van der Waals surface area (Å²) in [6, 6.07) is 7.12. The van der Waals surface area contributed by atoms with E-state index in [2.05, 4.69) is 12.2 Å². The van der Waals surface area contributed by atoms with Crippen LogP contribution in [0.25, 0.3) is 0 Å². The lowest BCUT2D eigenvalue weighted by molar-refractivity contribution is 0.151. The van der Waals surface area contributed by atoms with Crippen molar-refractivity contribution in [2.45, 2.75) is 31.2 Å². The van der Waals surface area contributed by atoms with Gasteiger partial charge in [-0.25, -0.2) is 8.78 Å². The van der Waals surface area contributed by atoms with Gasteiger partial charge in [-0.15, -0.1) is 11.8 Å². The minimum atomic E-state index is -2.38. The fraction of sp³-hybridized carbons (Fsp3) is 0.500. The lowest BCUT2D eigenvalue weighted by atomic mass is 10.1. The summed E-state index contributed by atoms with van der Waals surface area (Å²) in [4.78, 5) is 0. The maximum atomic E-state index is 12.4. The summed E-state index contributed by atoms with van der Waals surface area (Å²) in [5.74, 6) is 1.12. The third-order valence-electron chi connectivity index (χ3n) is 2.76. The Morgan fingerprint density at radius 1 is 1.31 bits per heavy atom. The molecule has 1 aromatic carbocycles. The van der Waals surface area contributed by atoms with Gasteiger partial charge in [-0.1, -0.05) is 24.3 Å². The second-order valence-corrected chi connectivity index (χ2v) is 5.29. The molecule has 0 bridgehead atoms. The van der Waals surface area contributed by atoms with E-state index < -0.39 is 6.43 Å². The summed E-state index contributed by atoms with van der Waals surface area (Å²) in [5, 5.41) is 3.70. The van der Waals surface area contributed by atoms with Gasteiger partial charge >= 0.3 is 0 Å². The summed E-state index contributed by atoms with van der Waals surface area (Å²) < 4.78 is 24.8. The molecule has 1 aromatic rings. The van der Waals surface area contributed by atoms with Gasteiger partial charge in [-0.05, 0) is 24.7 Å². The van der Waals surface area contributed by atoms with Gasteiger partial charge in [0.2, 0.25) is 0 Å². The molecule has 1 fully saturated rings. The molecular formula is C12H15F2NS. The van der Waals surface area contributed by atoms with Crippen LogP contribution in [-0.4, -0.2) is 11.8 Å². The molecule has 0 amide bonds. The van der Waals surface area contributed by atoms with Crippen LogP contribution in [0, 0.1) is 0 Å². The Morgan fingerprint density at radius 2 is 2.00 bits per heavy atom. The van der Waals surface area contributed by atoms with Crippen LogP contribution in [0.5, 0.6) is 0 Å². The van der Waals surface area contributed by atoms with Crippen molar-refractivity contribution in [2.75, 3.05) is 5.75 Å². The highest BCUT2D eigenvalue weighted by molar-refractivity contribution is 7.99. The molecule has 0 spiro atoms. The Morgan fingerprint density at radius 3 is 2.56 bits per heavy atom. The second-order valence-electron chi connectivity index (χ2n) is 4.07. The molecule has 88 valence electrons. The van der Waals surface area contributed by atoms with Crippen LogP contribution in [0.4, 0.5) is 8.78 Å². The van der Waals surface area contributed by atoms with Gasteiger partial charge in [0.05, 0.1) is 5.37 Å². The highest BCUT2D eigenvalue weighted by atomic mass is 32.2. The molecule has 1 nitrogen and oxygen atoms in total. The molecule has 1 aliphatic heterocycles. The average Bonchev–Trinajstić information content (AvgIpc) is 2.29. The van der Waals surface area contributed by atoms with Crippen molar-refractivity contribution in [1.29, 1.82) is 0 Å². The summed E-state index contributed by atoms with van der Waals surface area (Å²) in [6.07, 6.45) is -1.21. The molecule has 1 saturated heterocycles. The molecule has 2 unspecified atom stereocenters. The van der Waals surface area contributed by atoms with Crippen LogP contribution in [0.15, 0.2) is 24.3 Å². The maximum Gasteiger partial charge on any atom is 0.263 e. The van der Waals surface area contributed by atoms with Gasteiger partial charge in [-0.3, -0.25) is 5.32 Å². The number of hydrogen-bond acceptors (Lipinski definition) is 2. The number of hydrogen-bond donors (Lipinski definition) is 1. The largest absolute Gasteiger partial charge is 0.299 e. The number of halogens is 2. The molecule has 0 aromatic heterocycles. The molecule has 16 heavy (non-hydrogen) atoms. The Bertz CT molecular complexity index is 339. The van der Waals surface area contributed by atoms with E-state index in [4.69, 9.17) is 0 Å². The van der Waals surface area contributed by atoms with Crippen LogP contribution >= 0.6 is 11.8 Å². The second kappa shape index (κ2) is 5.15. The van der Waals surface area contributed by atoms with Gasteiger partial charge in [0.25, 0.3) is 6.43 Å². The standard InChI is InChI=1S/C12H15F2NS/c1-8-6-7-16-12(15-8)10-4-2-9(3-5-10)11(13)14/h2-5,8,11-12,15H,6-7H2,1H3. The Balaban J connectivity index is 2.09. The van der Waals surface area contributed by atoms with E-state index in [0.717, 1.165) is 17.7 Å². The summed E-state index contributed by atoms with van der Waals surface area (Å²) in [6.45, 7) is 2.15. The lowest BCUT2D eigenvalue weighted by Gasteiger charge is -2.28. The number of benzene rings is 1. The highest BCUT2D eigenvalue weighted by Crippen LogP contribution is 2.32. The molecule has 2 atom stereocenters. The molecule has 4 heteroatoms. The van der Waals surface area contributed by atoms with Crippen LogP contribution in [0.3, 0.4) is 0 Å². The van der Waals surface area contributed by atoms with Crippen molar-refractivity contribution in [1.82, 2.24) is 5.32 Å². The Labute approximate surface area is 98.6 Å². The predicted octanol–water partition coefficient (Wildman–Crippen LogP) is 3.74. The van der Waals surface area contributed by atoms with Crippen molar-refractivity contribution in [3.63, 3.8) is 0 Å². The SMILES string of the molecule is CC1CCSC(c2ccc(C(F)F)cc2)N1. The zero-order chi connectivity index (χ0) is 11.5. The van der Waals surface area contributed by atoms with E-state index in [0.29, 0.717) is 6.04 Å². The van der Waals surface area contributed by atoms with Gasteiger partial charge in [0, 0.05) is 11.6 Å². The molecule has 1 heterocycles. The third-order valence-corrected chi connectivity index (χ3v) is 3.98. The van der Waals surface area contributed by atoms with Crippen molar-refractivity contribution in [3.05, 3.63) is 35.4 Å². The fourth-order valence-electron chi connectivity index (χ4n) is 1.76. The predicted molar refractivity (Wildman–Crippen MR) is 63.8 cm³/mol. The van der Waals surface area contributed by atoms with Crippen LogP contribution in [0.2, 0.25) is 0 Å². The Kier molecular flexibility index (Phi) is 3.82. The Hall–Kier alpha value is -0.610. The normalized spacial score (nSPS) is 26.0. The molecular weight excluding hydrogens is 228 g/mol. The first-order valence-electron chi connectivity index (χ1n) is 5.42. The smallest absolute Gasteiger partial charge is 0.263 e. The van der Waals surface area contributed by atoms with Gasteiger partial charge < -0.3 is 0 Å². The van der Waals surface area contributed by atoms with E-state index in [1.807, 2.05) is 11.8 Å². The first-order valence-corrected chi connectivity index (χ1v) is 6.47. The topological polar surface area (TPSA) is 12.0 Å². The van der Waals surface area contributed by atoms with Crippen molar-refractivity contribution >= 4 is 11.8 Å². The van der Waals surface area contributed by atoms with E-state index in [9.17, 15) is 8.78 Å². The maximum absolute atomic E-state index is 12.4. The van der Waals surface area contributed by atoms with Crippen LogP contribution in [0.1, 0.15) is 36.3 Å². The minimum Gasteiger partial charge on any atom is -0.299 e. The van der Waals surface area contributed by atoms with Gasteiger partial charge in [0.15, 0.2) is 0 Å². The zero-order valence-corrected chi connectivity index (χ0v) is 9.94. The van der Waals surface area contributed by atoms with Gasteiger partial charge in [-0.2, -0.15) is 0 Å². The van der Waals surface area contributed by atoms with Crippen molar-refractivity contribution in [2.24, 2.45) is 0 Å². The molecule has 0 saturated carbocycles. The molecule has 0 aliphatic carbocycles. The summed E-state index contributed by atoms with van der Waals surface area (Å²) >= 11 is 1.84. The van der Waals surface area contributed by atoms with Gasteiger partial charge in [0.1, 0.15) is 0 Å². The molecule has 2 rings (SSSR count). The van der Waals surface area contributed by atoms with Crippen LogP contribution < -0.4 is 5.32 Å². The summed E-state index contributed by atoms with van der Waals surface area (Å²) in [5.41, 5.74) is 1.18. The third kappa shape index (κ3) is 2.74. The molecule has 1 N–H and O–H groups in total. The van der Waals surface area contributed by atoms with Crippen LogP contribution in [-0.2, 0) is 0 Å². The lowest BCUT2D eigenvalue weighted by Crippen LogP contribution is -2.33. The van der Waals surface area contributed by atoms with E-state index in [1.54, 1.807) is 12.1 Å². The molecule has 1 aliphatic rings. The van der Waals surface area contributed by atoms with E-state index in [1.165, 1.54) is 12.1 Å². The number of rotatable bonds is 2. The zero-order valence-electron chi connectivity index (χ0n) is 9.12.